The van der Waals surface area contributed by atoms with E-state index in [1.54, 1.807) is 4.90 Å². The largest absolute Gasteiger partial charge is 0.463 e. The van der Waals surface area contributed by atoms with Gasteiger partial charge in [0.2, 0.25) is 6.41 Å². The third-order valence-corrected chi connectivity index (χ3v) is 7.21. The Labute approximate surface area is 190 Å². The monoisotopic (exact) mass is 431 g/mol. The maximum atomic E-state index is 11.8. The van der Waals surface area contributed by atoms with Crippen molar-refractivity contribution in [1.29, 1.82) is 0 Å². The second-order valence-corrected chi connectivity index (χ2v) is 9.38. The van der Waals surface area contributed by atoms with Crippen LogP contribution in [0.5, 0.6) is 0 Å². The Balaban J connectivity index is 3.43. The Hall–Kier alpha value is -1.84. The van der Waals surface area contributed by atoms with Crippen LogP contribution in [-0.2, 0) is 14.3 Å². The van der Waals surface area contributed by atoms with Crippen molar-refractivity contribution >= 4 is 12.4 Å². The van der Waals surface area contributed by atoms with Gasteiger partial charge in [0, 0.05) is 20.5 Å². The van der Waals surface area contributed by atoms with Crippen molar-refractivity contribution in [1.82, 2.24) is 4.90 Å². The number of nitrogens with zero attached hydrogens (tertiary/aromatic N) is 1. The first-order valence-corrected chi connectivity index (χ1v) is 12.0. The van der Waals surface area contributed by atoms with E-state index >= 15 is 0 Å². The normalized spacial score (nSPS) is 27.8. The van der Waals surface area contributed by atoms with Crippen LogP contribution >= 0.6 is 0 Å². The Bertz CT molecular complexity index is 663. The van der Waals surface area contributed by atoms with Gasteiger partial charge in [-0.15, -0.1) is 0 Å². The van der Waals surface area contributed by atoms with Crippen LogP contribution in [0, 0.1) is 17.3 Å². The minimum atomic E-state index is -0.201. The standard InChI is InChI=1S/C27H45NO3/c1-8-11-15-27(16-13-21(4)10-3)17-14-25(31-23(6)30)18-26(22(27)5)24(12-9-2)19-28(7)20-29/h8,10-12,20,22,25-26H,9,13-19H2,1-7H3/b11-8+,21-10+,24-12+/t22-,25-,26?,27?/m0/s1. The van der Waals surface area contributed by atoms with Crippen molar-refractivity contribution in [2.45, 2.75) is 92.6 Å². The number of rotatable bonds is 11. The van der Waals surface area contributed by atoms with Crippen LogP contribution in [0.25, 0.3) is 0 Å². The molecule has 0 aromatic rings. The fourth-order valence-corrected chi connectivity index (χ4v) is 5.13. The van der Waals surface area contributed by atoms with Gasteiger partial charge in [-0.05, 0) is 83.0 Å². The molecule has 0 radical (unpaired) electrons. The third-order valence-electron chi connectivity index (χ3n) is 7.21. The number of carbonyl (C=O) groups excluding carboxylic acids is 2. The molecule has 31 heavy (non-hydrogen) atoms. The zero-order valence-corrected chi connectivity index (χ0v) is 20.9. The zero-order chi connectivity index (χ0) is 23.4. The van der Waals surface area contributed by atoms with Crippen LogP contribution in [0.3, 0.4) is 0 Å². The summed E-state index contributed by atoms with van der Waals surface area (Å²) in [6.45, 7) is 13.1. The van der Waals surface area contributed by atoms with E-state index in [-0.39, 0.29) is 23.4 Å². The summed E-state index contributed by atoms with van der Waals surface area (Å²) in [6.07, 6.45) is 16.8. The smallest absolute Gasteiger partial charge is 0.302 e. The van der Waals surface area contributed by atoms with Gasteiger partial charge in [-0.25, -0.2) is 0 Å². The van der Waals surface area contributed by atoms with Gasteiger partial charge in [-0.1, -0.05) is 49.3 Å². The van der Waals surface area contributed by atoms with E-state index in [4.69, 9.17) is 4.74 Å². The number of likely N-dealkylation sites (N-methyl/N-ethyl adjacent to an activating group) is 1. The zero-order valence-electron chi connectivity index (χ0n) is 20.9. The van der Waals surface area contributed by atoms with Gasteiger partial charge in [0.1, 0.15) is 6.10 Å². The SMILES string of the molecule is C/C=C/CC1(CC/C(C)=C/C)CC[C@H](OC(C)=O)CC(/C(=C/CC)CN(C)C=O)[C@@H]1C. The molecule has 1 saturated carbocycles. The topological polar surface area (TPSA) is 46.6 Å². The summed E-state index contributed by atoms with van der Waals surface area (Å²) in [6, 6.07) is 0. The average molecular weight is 432 g/mol. The molecule has 1 aliphatic rings. The van der Waals surface area contributed by atoms with Crippen molar-refractivity contribution < 1.29 is 14.3 Å². The van der Waals surface area contributed by atoms with Crippen molar-refractivity contribution in [3.8, 4) is 0 Å². The van der Waals surface area contributed by atoms with E-state index < -0.39 is 0 Å². The molecule has 1 fully saturated rings. The molecule has 0 saturated heterocycles. The number of carbonyl (C=O) groups is 2. The van der Waals surface area contributed by atoms with Gasteiger partial charge in [0.25, 0.3) is 0 Å². The van der Waals surface area contributed by atoms with Crippen LogP contribution in [-0.4, -0.2) is 37.0 Å². The fourth-order valence-electron chi connectivity index (χ4n) is 5.13. The lowest BCUT2D eigenvalue weighted by atomic mass is 9.63. The number of allylic oxidation sites excluding steroid dienone is 5. The van der Waals surface area contributed by atoms with Gasteiger partial charge in [0.05, 0.1) is 0 Å². The van der Waals surface area contributed by atoms with Crippen molar-refractivity contribution in [2.24, 2.45) is 17.3 Å². The highest BCUT2D eigenvalue weighted by atomic mass is 16.5. The first-order valence-electron chi connectivity index (χ1n) is 12.0. The summed E-state index contributed by atoms with van der Waals surface area (Å²) in [5.41, 5.74) is 2.87. The number of amides is 1. The predicted octanol–water partition coefficient (Wildman–Crippen LogP) is 6.48. The molecule has 4 atom stereocenters. The number of ether oxygens (including phenoxy) is 1. The molecule has 1 amide bonds. The molecule has 0 heterocycles. The highest BCUT2D eigenvalue weighted by Crippen LogP contribution is 2.51. The van der Waals surface area contributed by atoms with Crippen LogP contribution < -0.4 is 0 Å². The number of hydrogen-bond acceptors (Lipinski definition) is 3. The Kier molecular flexibility index (Phi) is 11.9. The highest BCUT2D eigenvalue weighted by molar-refractivity contribution is 5.66. The Morgan fingerprint density at radius 2 is 1.97 bits per heavy atom. The molecule has 0 aromatic carbocycles. The van der Waals surface area contributed by atoms with E-state index in [1.807, 2.05) is 7.05 Å². The second-order valence-electron chi connectivity index (χ2n) is 9.38. The maximum absolute atomic E-state index is 11.8. The molecule has 4 nitrogen and oxygen atoms in total. The number of hydrogen-bond donors (Lipinski definition) is 0. The van der Waals surface area contributed by atoms with Crippen LogP contribution in [0.1, 0.15) is 86.5 Å². The molecular weight excluding hydrogens is 386 g/mol. The molecule has 0 bridgehead atoms. The molecule has 176 valence electrons. The number of esters is 1. The summed E-state index contributed by atoms with van der Waals surface area (Å²) in [7, 11) is 1.84. The summed E-state index contributed by atoms with van der Waals surface area (Å²) >= 11 is 0. The summed E-state index contributed by atoms with van der Waals surface area (Å²) in [5, 5.41) is 0. The van der Waals surface area contributed by atoms with E-state index in [9.17, 15) is 9.59 Å². The summed E-state index contributed by atoms with van der Waals surface area (Å²) in [5.74, 6) is 0.505. The molecule has 1 rings (SSSR count). The second kappa shape index (κ2) is 13.5. The molecule has 0 aromatic heterocycles. The van der Waals surface area contributed by atoms with Crippen LogP contribution in [0.15, 0.2) is 35.5 Å². The van der Waals surface area contributed by atoms with Crippen LogP contribution in [0.2, 0.25) is 0 Å². The Morgan fingerprint density at radius 1 is 1.26 bits per heavy atom. The lowest BCUT2D eigenvalue weighted by molar-refractivity contribution is -0.147. The summed E-state index contributed by atoms with van der Waals surface area (Å²) < 4.78 is 5.78. The molecular formula is C27H45NO3. The van der Waals surface area contributed by atoms with Gasteiger partial charge in [-0.3, -0.25) is 9.59 Å². The van der Waals surface area contributed by atoms with E-state index in [0.29, 0.717) is 12.5 Å². The quantitative estimate of drug-likeness (QED) is 0.163. The molecule has 2 unspecified atom stereocenters. The molecule has 0 aliphatic heterocycles. The average Bonchev–Trinajstić information content (AvgIpc) is 2.87. The van der Waals surface area contributed by atoms with E-state index in [0.717, 1.165) is 51.4 Å². The molecule has 0 N–H and O–H groups in total. The summed E-state index contributed by atoms with van der Waals surface area (Å²) in [4.78, 5) is 24.9. The van der Waals surface area contributed by atoms with E-state index in [2.05, 4.69) is 58.9 Å². The fraction of sp³-hybridized carbons (Fsp3) is 0.704. The maximum Gasteiger partial charge on any atom is 0.302 e. The van der Waals surface area contributed by atoms with Crippen molar-refractivity contribution in [2.75, 3.05) is 13.6 Å². The lowest BCUT2D eigenvalue weighted by Gasteiger charge is -2.42. The van der Waals surface area contributed by atoms with Gasteiger partial charge in [0.15, 0.2) is 0 Å². The molecule has 1 aliphatic carbocycles. The third kappa shape index (κ3) is 8.31. The highest BCUT2D eigenvalue weighted by Gasteiger charge is 2.44. The van der Waals surface area contributed by atoms with Crippen molar-refractivity contribution in [3.63, 3.8) is 0 Å². The van der Waals surface area contributed by atoms with Gasteiger partial charge < -0.3 is 9.64 Å². The van der Waals surface area contributed by atoms with Crippen LogP contribution in [0.4, 0.5) is 0 Å². The minimum Gasteiger partial charge on any atom is -0.463 e. The van der Waals surface area contributed by atoms with Gasteiger partial charge >= 0.3 is 5.97 Å². The first kappa shape index (κ1) is 27.2. The van der Waals surface area contributed by atoms with Gasteiger partial charge in [-0.2, -0.15) is 0 Å². The molecule has 4 heteroatoms. The van der Waals surface area contributed by atoms with Crippen molar-refractivity contribution in [3.05, 3.63) is 35.5 Å². The van der Waals surface area contributed by atoms with E-state index in [1.165, 1.54) is 18.1 Å². The Morgan fingerprint density at radius 3 is 2.52 bits per heavy atom. The molecule has 0 spiro atoms. The lowest BCUT2D eigenvalue weighted by Crippen LogP contribution is -2.35. The minimum absolute atomic E-state index is 0.0676. The first-order chi connectivity index (χ1) is 14.7. The predicted molar refractivity (Wildman–Crippen MR) is 130 cm³/mol.